The summed E-state index contributed by atoms with van der Waals surface area (Å²) in [5, 5.41) is 0. The van der Waals surface area contributed by atoms with Gasteiger partial charge in [0.2, 0.25) is 0 Å². The molecule has 0 bridgehead atoms. The van der Waals surface area contributed by atoms with Crippen LogP contribution >= 0.6 is 0 Å². The van der Waals surface area contributed by atoms with Crippen molar-refractivity contribution in [2.24, 2.45) is 0 Å². The number of nitrogens with zero attached hydrogens (tertiary/aromatic N) is 3. The Morgan fingerprint density at radius 3 is 1.97 bits per heavy atom. The Bertz CT molecular complexity index is 1210. The predicted octanol–water partition coefficient (Wildman–Crippen LogP) is 2.89. The second-order valence-corrected chi connectivity index (χ2v) is 10.2. The van der Waals surface area contributed by atoms with Crippen LogP contribution in [0.15, 0.2) is 66.2 Å². The first-order valence-electron chi connectivity index (χ1n) is 9.53. The molecule has 1 fully saturated rings. The first-order chi connectivity index (χ1) is 15.0. The summed E-state index contributed by atoms with van der Waals surface area (Å²) in [7, 11) is 3.31. The molecule has 2 amide bonds. The molecule has 0 atom stereocenters. The van der Waals surface area contributed by atoms with E-state index in [0.717, 1.165) is 31.9 Å². The number of para-hydroxylation sites is 4. The molecule has 3 heterocycles. The van der Waals surface area contributed by atoms with Gasteiger partial charge in [-0.3, -0.25) is 0 Å². The molecule has 0 spiro atoms. The molecule has 2 aliphatic rings. The molecule has 2 aromatic carbocycles. The first kappa shape index (κ1) is 20.0. The summed E-state index contributed by atoms with van der Waals surface area (Å²) in [5.74, 6) is 0.994. The summed E-state index contributed by atoms with van der Waals surface area (Å²) in [5.41, 5.74) is 2.12. The average molecular weight is 541 g/mol. The number of rotatable bonds is 2. The molecule has 3 aromatic rings. The molecule has 0 saturated carbocycles. The molecule has 0 aliphatic carbocycles. The summed E-state index contributed by atoms with van der Waals surface area (Å²) < 4.78 is 8.65. The molecule has 2 aliphatic heterocycles. The van der Waals surface area contributed by atoms with Crippen LogP contribution < -0.4 is 9.64 Å². The molecule has 1 saturated heterocycles. The van der Waals surface area contributed by atoms with Gasteiger partial charge in [-0.1, -0.05) is 0 Å². The number of benzene rings is 2. The fourth-order valence-electron chi connectivity index (χ4n) is 3.60. The van der Waals surface area contributed by atoms with Crippen molar-refractivity contribution >= 4 is 68.6 Å². The van der Waals surface area contributed by atoms with Crippen LogP contribution in [-0.2, 0) is 9.59 Å². The number of amides is 2. The molecule has 154 valence electrons. The molecule has 0 unspecified atom stereocenters. The van der Waals surface area contributed by atoms with E-state index >= 15 is 0 Å². The van der Waals surface area contributed by atoms with Crippen molar-refractivity contribution in [3.8, 4) is 11.5 Å². The molecular formula is C23H17N3O3Se2. The van der Waals surface area contributed by atoms with E-state index in [9.17, 15) is 9.59 Å². The third-order valence-corrected chi connectivity index (χ3v) is 8.48. The Kier molecular flexibility index (Phi) is 4.95. The third-order valence-electron chi connectivity index (χ3n) is 5.20. The van der Waals surface area contributed by atoms with Crippen LogP contribution in [0.1, 0.15) is 4.44 Å². The van der Waals surface area contributed by atoms with Crippen LogP contribution in [0.5, 0.6) is 11.5 Å². The van der Waals surface area contributed by atoms with E-state index in [4.69, 9.17) is 4.74 Å². The number of hydrogen-bond acceptors (Lipinski definition) is 4. The second-order valence-electron chi connectivity index (χ2n) is 7.12. The second kappa shape index (κ2) is 7.66. The Morgan fingerprint density at radius 1 is 0.839 bits per heavy atom. The topological polar surface area (TPSA) is 53.1 Å². The van der Waals surface area contributed by atoms with Crippen molar-refractivity contribution in [1.29, 1.82) is 0 Å². The average Bonchev–Trinajstić information content (AvgIpc) is 3.25. The number of hydrogen-bond donors (Lipinski definition) is 0. The number of carbonyl (C=O) groups is 2. The van der Waals surface area contributed by atoms with Gasteiger partial charge >= 0.3 is 194 Å². The predicted molar refractivity (Wildman–Crippen MR) is 122 cm³/mol. The van der Waals surface area contributed by atoms with Gasteiger partial charge in [0.05, 0.1) is 0 Å². The van der Waals surface area contributed by atoms with Crippen LogP contribution in [0.4, 0.5) is 15.9 Å². The van der Waals surface area contributed by atoms with Gasteiger partial charge in [-0.05, 0) is 0 Å². The van der Waals surface area contributed by atoms with Gasteiger partial charge in [0.1, 0.15) is 0 Å². The van der Waals surface area contributed by atoms with E-state index in [1.807, 2.05) is 54.6 Å². The van der Waals surface area contributed by atoms with E-state index in [0.29, 0.717) is 4.67 Å². The van der Waals surface area contributed by atoms with Crippen LogP contribution in [0, 0.1) is 0 Å². The van der Waals surface area contributed by atoms with E-state index < -0.39 is 0 Å². The van der Waals surface area contributed by atoms with E-state index in [2.05, 4.69) is 26.5 Å². The Hall–Kier alpha value is -2.89. The Morgan fingerprint density at radius 2 is 1.39 bits per heavy atom. The van der Waals surface area contributed by atoms with Crippen molar-refractivity contribution in [2.45, 2.75) is 0 Å². The quantitative estimate of drug-likeness (QED) is 0.223. The minimum absolute atomic E-state index is 0.0927. The number of ether oxygens (including phenoxy) is 1. The van der Waals surface area contributed by atoms with Gasteiger partial charge < -0.3 is 0 Å². The molecule has 0 N–H and O–H groups in total. The molecule has 8 heteroatoms. The van der Waals surface area contributed by atoms with Gasteiger partial charge in [0, 0.05) is 0 Å². The minimum atomic E-state index is -0.302. The summed E-state index contributed by atoms with van der Waals surface area (Å²) in [4.78, 5) is 30.5. The van der Waals surface area contributed by atoms with Crippen LogP contribution in [-0.4, -0.2) is 70.5 Å². The fraction of sp³-hybridized carbons (Fsp3) is 0.0870. The molecule has 6 nitrogen and oxygen atoms in total. The molecule has 0 radical (unpaired) electrons. The number of carbonyl (C=O) groups excluding carboxylic acids is 2. The van der Waals surface area contributed by atoms with Crippen molar-refractivity contribution < 1.29 is 14.3 Å². The zero-order valence-electron chi connectivity index (χ0n) is 16.7. The maximum atomic E-state index is 12.7. The summed E-state index contributed by atoms with van der Waals surface area (Å²) in [6, 6.07) is 19.9. The van der Waals surface area contributed by atoms with Crippen molar-refractivity contribution in [3.05, 3.63) is 70.7 Å². The molecule has 5 rings (SSSR count). The Balaban J connectivity index is 1.57. The van der Waals surface area contributed by atoms with Crippen molar-refractivity contribution in [3.63, 3.8) is 0 Å². The molecular weight excluding hydrogens is 524 g/mol. The SMILES string of the molecule is CN1C(=O)C(=Cc2ccc(N3c4ccccc4Oc4ccccc43)[se]2)C(=O)N(C)C1=[Se]. The molecule has 31 heavy (non-hydrogen) atoms. The van der Waals surface area contributed by atoms with Crippen LogP contribution in [0.25, 0.3) is 6.08 Å². The van der Waals surface area contributed by atoms with E-state index in [1.54, 1.807) is 20.2 Å². The monoisotopic (exact) mass is 543 g/mol. The normalized spacial score (nSPS) is 15.6. The third kappa shape index (κ3) is 3.29. The number of likely N-dealkylation sites (N-methyl/N-ethyl adjacent to an activating group) is 2. The van der Waals surface area contributed by atoms with Gasteiger partial charge in [0.25, 0.3) is 0 Å². The zero-order valence-corrected chi connectivity index (χ0v) is 20.2. The molecule has 1 aromatic heterocycles. The van der Waals surface area contributed by atoms with Gasteiger partial charge in [-0.25, -0.2) is 0 Å². The van der Waals surface area contributed by atoms with Gasteiger partial charge in [-0.2, -0.15) is 0 Å². The standard InChI is InChI=1S/C23H17N3O3Se2/c1-24-21(27)15(22(28)25(2)23(24)30)13-14-11-12-20(31-14)26-16-7-3-5-9-18(16)29-19-10-6-4-8-17(19)26/h3-13H,1-2H3. The van der Waals surface area contributed by atoms with Crippen molar-refractivity contribution in [2.75, 3.05) is 19.0 Å². The van der Waals surface area contributed by atoms with Gasteiger partial charge in [0.15, 0.2) is 0 Å². The summed E-state index contributed by atoms with van der Waals surface area (Å²) in [6.45, 7) is 0. The van der Waals surface area contributed by atoms with Crippen molar-refractivity contribution in [1.82, 2.24) is 9.80 Å². The van der Waals surface area contributed by atoms with Crippen LogP contribution in [0.3, 0.4) is 0 Å². The summed E-state index contributed by atoms with van der Waals surface area (Å²) in [6.07, 6.45) is 1.73. The van der Waals surface area contributed by atoms with Gasteiger partial charge in [-0.15, -0.1) is 0 Å². The Labute approximate surface area is 193 Å². The fourth-order valence-corrected chi connectivity index (χ4v) is 6.00. The maximum absolute atomic E-state index is 12.7. The van der Waals surface area contributed by atoms with E-state index in [1.165, 1.54) is 9.80 Å². The van der Waals surface area contributed by atoms with Crippen LogP contribution in [0.2, 0.25) is 0 Å². The first-order valence-corrected chi connectivity index (χ1v) is 12.1. The number of fused-ring (bicyclic) bond motifs is 2. The van der Waals surface area contributed by atoms with E-state index in [-0.39, 0.29) is 31.9 Å². The number of anilines is 3. The zero-order chi connectivity index (χ0) is 21.7. The summed E-state index contributed by atoms with van der Waals surface area (Å²) >= 11 is 2.69.